The molecule has 0 spiro atoms. The second-order valence-corrected chi connectivity index (χ2v) is 18.7. The molecule has 1 aliphatic rings. The molecule has 2 heteroatoms. The van der Waals surface area contributed by atoms with Crippen molar-refractivity contribution >= 4 is 0 Å². The molecule has 0 bridgehead atoms. The lowest BCUT2D eigenvalue weighted by molar-refractivity contribution is 0.305. The van der Waals surface area contributed by atoms with Gasteiger partial charge in [-0.1, -0.05) is 202 Å². The Morgan fingerprint density at radius 1 is 0.328 bits per heavy atom. The Bertz CT molecular complexity index is 2370. The smallest absolute Gasteiger partial charge is 0.119 e. The molecular formula is C65H74O2. The second kappa shape index (κ2) is 25.8. The van der Waals surface area contributed by atoms with Crippen molar-refractivity contribution in [1.82, 2.24) is 0 Å². The molecule has 0 radical (unpaired) electrons. The SMILES string of the molecule is CCCCCCOc1ccc(-c2ccc(C#Cc3ccc4c(c3)C(CCCCCC)(CCCCCC)c3cc(C#Cc5ccc(-c6ccc(OCCCCCC)cc6)cc5)ccc3-4)cc2)cc1. The molecule has 7 rings (SSSR count). The minimum atomic E-state index is -0.0594. The molecule has 6 aromatic rings. The van der Waals surface area contributed by atoms with Crippen molar-refractivity contribution in [3.8, 4) is 68.6 Å². The maximum absolute atomic E-state index is 5.99. The van der Waals surface area contributed by atoms with Gasteiger partial charge in [0, 0.05) is 27.7 Å². The molecule has 0 amide bonds. The number of fused-ring (bicyclic) bond motifs is 3. The molecule has 0 aliphatic heterocycles. The van der Waals surface area contributed by atoms with Gasteiger partial charge in [0.2, 0.25) is 0 Å². The van der Waals surface area contributed by atoms with E-state index in [1.54, 1.807) is 0 Å². The highest BCUT2D eigenvalue weighted by Gasteiger charge is 2.42. The number of hydrogen-bond donors (Lipinski definition) is 0. The van der Waals surface area contributed by atoms with Gasteiger partial charge in [0.1, 0.15) is 11.5 Å². The standard InChI is InChI=1S/C65H74O2/c1-5-9-13-17-45-65(46-18-14-10-6-2)63-49-53(23-21-51-25-31-55(32-26-51)57-35-39-59(40-36-57)66-47-19-15-11-7-3)29-43-61(63)62-44-30-54(50-64(62)65)24-22-52-27-33-56(34-28-52)58-37-41-60(42-38-58)67-48-20-16-12-8-4/h25-44,49-50H,5-20,45-48H2,1-4H3. The molecule has 0 saturated heterocycles. The van der Waals surface area contributed by atoms with E-state index in [0.717, 1.165) is 72.6 Å². The molecule has 6 aromatic carbocycles. The number of unbranched alkanes of at least 4 members (excludes halogenated alkanes) is 12. The van der Waals surface area contributed by atoms with E-state index in [9.17, 15) is 0 Å². The zero-order valence-corrected chi connectivity index (χ0v) is 41.2. The molecule has 1 aliphatic carbocycles. The lowest BCUT2D eigenvalue weighted by Gasteiger charge is -2.33. The topological polar surface area (TPSA) is 18.5 Å². The average Bonchev–Trinajstić information content (AvgIpc) is 3.63. The van der Waals surface area contributed by atoms with Crippen LogP contribution in [-0.2, 0) is 5.41 Å². The van der Waals surface area contributed by atoms with Gasteiger partial charge < -0.3 is 9.47 Å². The van der Waals surface area contributed by atoms with Gasteiger partial charge in [-0.15, -0.1) is 0 Å². The third-order valence-corrected chi connectivity index (χ3v) is 13.7. The van der Waals surface area contributed by atoms with Crippen LogP contribution in [0.15, 0.2) is 133 Å². The highest BCUT2D eigenvalue weighted by molar-refractivity contribution is 5.83. The van der Waals surface area contributed by atoms with Crippen LogP contribution in [0.2, 0.25) is 0 Å². The maximum Gasteiger partial charge on any atom is 0.119 e. The second-order valence-electron chi connectivity index (χ2n) is 18.7. The average molecular weight is 887 g/mol. The van der Waals surface area contributed by atoms with Crippen molar-refractivity contribution in [3.05, 3.63) is 167 Å². The van der Waals surface area contributed by atoms with E-state index < -0.39 is 0 Å². The van der Waals surface area contributed by atoms with E-state index in [1.807, 2.05) is 0 Å². The number of benzene rings is 6. The number of rotatable bonds is 24. The van der Waals surface area contributed by atoms with Gasteiger partial charge in [-0.2, -0.15) is 0 Å². The molecule has 0 atom stereocenters. The van der Waals surface area contributed by atoms with Crippen LogP contribution in [0.4, 0.5) is 0 Å². The predicted octanol–water partition coefficient (Wildman–Crippen LogP) is 17.9. The summed E-state index contributed by atoms with van der Waals surface area (Å²) in [6.45, 7) is 10.7. The van der Waals surface area contributed by atoms with Crippen LogP contribution in [0.25, 0.3) is 33.4 Å². The maximum atomic E-state index is 5.99. The van der Waals surface area contributed by atoms with Crippen LogP contribution in [-0.4, -0.2) is 13.2 Å². The van der Waals surface area contributed by atoms with Crippen molar-refractivity contribution in [3.63, 3.8) is 0 Å². The zero-order valence-electron chi connectivity index (χ0n) is 41.2. The summed E-state index contributed by atoms with van der Waals surface area (Å²) in [5, 5.41) is 0. The highest BCUT2D eigenvalue weighted by atomic mass is 16.5. The summed E-state index contributed by atoms with van der Waals surface area (Å²) in [5.74, 6) is 16.1. The number of ether oxygens (including phenoxy) is 2. The third kappa shape index (κ3) is 13.6. The lowest BCUT2D eigenvalue weighted by Crippen LogP contribution is -2.26. The summed E-state index contributed by atoms with van der Waals surface area (Å²) in [7, 11) is 0. The lowest BCUT2D eigenvalue weighted by atomic mass is 9.70. The summed E-state index contributed by atoms with van der Waals surface area (Å²) in [5.41, 5.74) is 14.5. The molecule has 0 unspecified atom stereocenters. The summed E-state index contributed by atoms with van der Waals surface area (Å²) >= 11 is 0. The normalized spacial score (nSPS) is 12.1. The summed E-state index contributed by atoms with van der Waals surface area (Å²) in [6, 6.07) is 48.3. The Kier molecular flexibility index (Phi) is 18.9. The van der Waals surface area contributed by atoms with Crippen LogP contribution in [0.1, 0.15) is 177 Å². The van der Waals surface area contributed by atoms with Gasteiger partial charge in [0.25, 0.3) is 0 Å². The van der Waals surface area contributed by atoms with Crippen molar-refractivity contribution in [2.75, 3.05) is 13.2 Å². The van der Waals surface area contributed by atoms with Crippen molar-refractivity contribution < 1.29 is 9.47 Å². The Labute approximate surface area is 405 Å². The molecule has 346 valence electrons. The van der Waals surface area contributed by atoms with Gasteiger partial charge in [-0.05, 0) is 143 Å². The van der Waals surface area contributed by atoms with Gasteiger partial charge in [-0.25, -0.2) is 0 Å². The van der Waals surface area contributed by atoms with E-state index in [4.69, 9.17) is 9.47 Å². The first-order chi connectivity index (χ1) is 33.0. The van der Waals surface area contributed by atoms with E-state index in [1.165, 1.54) is 134 Å². The fourth-order valence-electron chi connectivity index (χ4n) is 9.73. The van der Waals surface area contributed by atoms with Crippen LogP contribution in [0.5, 0.6) is 11.5 Å². The van der Waals surface area contributed by atoms with E-state index in [0.29, 0.717) is 0 Å². The number of hydrogen-bond acceptors (Lipinski definition) is 2. The van der Waals surface area contributed by atoms with E-state index in [-0.39, 0.29) is 5.41 Å². The first-order valence-electron chi connectivity index (χ1n) is 26.0. The Morgan fingerprint density at radius 2 is 0.642 bits per heavy atom. The molecule has 2 nitrogen and oxygen atoms in total. The molecule has 0 saturated carbocycles. The van der Waals surface area contributed by atoms with Gasteiger partial charge in [-0.3, -0.25) is 0 Å². The van der Waals surface area contributed by atoms with Crippen LogP contribution in [0.3, 0.4) is 0 Å². The van der Waals surface area contributed by atoms with Crippen molar-refractivity contribution in [2.24, 2.45) is 0 Å². The molecular weight excluding hydrogens is 813 g/mol. The minimum absolute atomic E-state index is 0.0594. The monoisotopic (exact) mass is 887 g/mol. The first kappa shape index (κ1) is 49.0. The molecule has 0 N–H and O–H groups in total. The van der Waals surface area contributed by atoms with Gasteiger partial charge in [0.05, 0.1) is 13.2 Å². The zero-order chi connectivity index (χ0) is 46.5. The third-order valence-electron chi connectivity index (χ3n) is 13.7. The van der Waals surface area contributed by atoms with Crippen LogP contribution < -0.4 is 9.47 Å². The molecule has 67 heavy (non-hydrogen) atoms. The summed E-state index contributed by atoms with van der Waals surface area (Å²) in [4.78, 5) is 0. The molecule has 0 heterocycles. The van der Waals surface area contributed by atoms with Crippen LogP contribution >= 0.6 is 0 Å². The van der Waals surface area contributed by atoms with Gasteiger partial charge >= 0.3 is 0 Å². The summed E-state index contributed by atoms with van der Waals surface area (Å²) < 4.78 is 12.0. The quantitative estimate of drug-likeness (QED) is 0.0445. The van der Waals surface area contributed by atoms with Crippen molar-refractivity contribution in [2.45, 2.75) is 149 Å². The summed E-state index contributed by atoms with van der Waals surface area (Å²) in [6.07, 6.45) is 22.0. The van der Waals surface area contributed by atoms with Crippen LogP contribution in [0, 0.1) is 23.7 Å². The fourth-order valence-corrected chi connectivity index (χ4v) is 9.73. The van der Waals surface area contributed by atoms with E-state index in [2.05, 4.69) is 185 Å². The van der Waals surface area contributed by atoms with Gasteiger partial charge in [0.15, 0.2) is 0 Å². The largest absolute Gasteiger partial charge is 0.494 e. The fraction of sp³-hybridized carbons (Fsp3) is 0.385. The minimum Gasteiger partial charge on any atom is -0.494 e. The Hall–Kier alpha value is -5.96. The Balaban J connectivity index is 1.10. The molecule has 0 fully saturated rings. The highest BCUT2D eigenvalue weighted by Crippen LogP contribution is 2.54. The van der Waals surface area contributed by atoms with E-state index >= 15 is 0 Å². The first-order valence-corrected chi connectivity index (χ1v) is 26.0. The Morgan fingerprint density at radius 3 is 1.00 bits per heavy atom. The molecule has 0 aromatic heterocycles. The van der Waals surface area contributed by atoms with Crippen molar-refractivity contribution in [1.29, 1.82) is 0 Å². The predicted molar refractivity (Wildman–Crippen MR) is 285 cm³/mol.